The second kappa shape index (κ2) is 4.93. The van der Waals surface area contributed by atoms with Crippen molar-refractivity contribution < 1.29 is 9.90 Å². The molecule has 0 amide bonds. The standard InChI is InChI=1S/C13H10N4O2S/c1-17-11-10(6-16-17)12(15-7-14-11)20-9-4-2-3-8(5-9)13(18)19/h2-7H,1H3,(H,18,19). The molecule has 3 aromatic rings. The summed E-state index contributed by atoms with van der Waals surface area (Å²) < 4.78 is 1.68. The molecule has 0 aliphatic heterocycles. The van der Waals surface area contributed by atoms with Gasteiger partial charge in [0.05, 0.1) is 17.1 Å². The van der Waals surface area contributed by atoms with Crippen molar-refractivity contribution in [2.45, 2.75) is 9.92 Å². The third kappa shape index (κ3) is 2.23. The number of fused-ring (bicyclic) bond motifs is 1. The first-order valence-corrected chi connectivity index (χ1v) is 6.61. The first kappa shape index (κ1) is 12.6. The molecule has 0 bridgehead atoms. The molecule has 20 heavy (non-hydrogen) atoms. The van der Waals surface area contributed by atoms with E-state index in [1.54, 1.807) is 29.1 Å². The zero-order valence-electron chi connectivity index (χ0n) is 10.5. The van der Waals surface area contributed by atoms with E-state index in [4.69, 9.17) is 5.11 Å². The fourth-order valence-corrected chi connectivity index (χ4v) is 2.74. The molecule has 0 aliphatic rings. The Bertz CT molecular complexity index is 800. The molecule has 3 rings (SSSR count). The minimum atomic E-state index is -0.943. The zero-order valence-corrected chi connectivity index (χ0v) is 11.3. The van der Waals surface area contributed by atoms with Gasteiger partial charge in [0.15, 0.2) is 5.65 Å². The molecule has 6 nitrogen and oxygen atoms in total. The van der Waals surface area contributed by atoms with E-state index in [9.17, 15) is 4.79 Å². The van der Waals surface area contributed by atoms with E-state index in [0.717, 1.165) is 21.0 Å². The van der Waals surface area contributed by atoms with Crippen molar-refractivity contribution in [1.82, 2.24) is 19.7 Å². The molecule has 0 spiro atoms. The number of carbonyl (C=O) groups is 1. The van der Waals surface area contributed by atoms with Crippen LogP contribution in [0.5, 0.6) is 0 Å². The predicted molar refractivity (Wildman–Crippen MR) is 73.8 cm³/mol. The van der Waals surface area contributed by atoms with Gasteiger partial charge in [-0.15, -0.1) is 0 Å². The van der Waals surface area contributed by atoms with Gasteiger partial charge in [-0.25, -0.2) is 14.8 Å². The minimum absolute atomic E-state index is 0.256. The number of carboxylic acids is 1. The van der Waals surface area contributed by atoms with Gasteiger partial charge in [0, 0.05) is 11.9 Å². The molecule has 100 valence electrons. The third-order valence-electron chi connectivity index (χ3n) is 2.79. The van der Waals surface area contributed by atoms with Crippen LogP contribution in [0, 0.1) is 0 Å². The van der Waals surface area contributed by atoms with Crippen molar-refractivity contribution in [3.8, 4) is 0 Å². The Labute approximate surface area is 118 Å². The zero-order chi connectivity index (χ0) is 14.1. The highest BCUT2D eigenvalue weighted by Crippen LogP contribution is 2.31. The van der Waals surface area contributed by atoms with E-state index >= 15 is 0 Å². The highest BCUT2D eigenvalue weighted by atomic mass is 32.2. The summed E-state index contributed by atoms with van der Waals surface area (Å²) in [5, 5.41) is 14.8. The molecule has 0 aliphatic carbocycles. The number of hydrogen-bond donors (Lipinski definition) is 1. The second-order valence-corrected chi connectivity index (χ2v) is 5.18. The van der Waals surface area contributed by atoms with Gasteiger partial charge in [-0.05, 0) is 18.2 Å². The third-order valence-corrected chi connectivity index (χ3v) is 3.80. The number of carboxylic acid groups (broad SMARTS) is 1. The topological polar surface area (TPSA) is 80.9 Å². The Kier molecular flexibility index (Phi) is 3.11. The van der Waals surface area contributed by atoms with Crippen molar-refractivity contribution in [2.24, 2.45) is 7.05 Å². The molecule has 0 saturated carbocycles. The first-order chi connectivity index (χ1) is 9.65. The van der Waals surface area contributed by atoms with E-state index < -0.39 is 5.97 Å². The number of benzene rings is 1. The summed E-state index contributed by atoms with van der Waals surface area (Å²) >= 11 is 1.39. The van der Waals surface area contributed by atoms with Crippen LogP contribution >= 0.6 is 11.8 Å². The van der Waals surface area contributed by atoms with Gasteiger partial charge in [0.2, 0.25) is 0 Å². The molecule has 7 heteroatoms. The maximum absolute atomic E-state index is 11.0. The summed E-state index contributed by atoms with van der Waals surface area (Å²) in [7, 11) is 1.81. The fourth-order valence-electron chi connectivity index (χ4n) is 1.83. The second-order valence-electron chi connectivity index (χ2n) is 4.12. The number of nitrogens with zero attached hydrogens (tertiary/aromatic N) is 4. The smallest absolute Gasteiger partial charge is 0.335 e. The molecule has 0 unspecified atom stereocenters. The molecule has 0 saturated heterocycles. The molecule has 0 fully saturated rings. The van der Waals surface area contributed by atoms with Crippen LogP contribution in [-0.2, 0) is 7.05 Å². The van der Waals surface area contributed by atoms with Gasteiger partial charge in [0.1, 0.15) is 11.4 Å². The minimum Gasteiger partial charge on any atom is -0.478 e. The monoisotopic (exact) mass is 286 g/mol. The lowest BCUT2D eigenvalue weighted by molar-refractivity contribution is 0.0696. The van der Waals surface area contributed by atoms with Crippen molar-refractivity contribution >= 4 is 28.8 Å². The molecular formula is C13H10N4O2S. The van der Waals surface area contributed by atoms with Crippen LogP contribution in [0.3, 0.4) is 0 Å². The van der Waals surface area contributed by atoms with Crippen LogP contribution in [0.1, 0.15) is 10.4 Å². The largest absolute Gasteiger partial charge is 0.478 e. The Morgan fingerprint density at radius 3 is 3.00 bits per heavy atom. The molecule has 0 atom stereocenters. The van der Waals surface area contributed by atoms with Gasteiger partial charge in [-0.2, -0.15) is 5.10 Å². The SMILES string of the molecule is Cn1ncc2c(Sc3cccc(C(=O)O)c3)ncnc21. The van der Waals surface area contributed by atoms with Crippen molar-refractivity contribution in [1.29, 1.82) is 0 Å². The average molecular weight is 286 g/mol. The summed E-state index contributed by atoms with van der Waals surface area (Å²) in [6.45, 7) is 0. The average Bonchev–Trinajstić information content (AvgIpc) is 2.82. The summed E-state index contributed by atoms with van der Waals surface area (Å²) in [6.07, 6.45) is 3.19. The van der Waals surface area contributed by atoms with E-state index in [1.807, 2.05) is 13.1 Å². The molecular weight excluding hydrogens is 276 g/mol. The number of hydrogen-bond acceptors (Lipinski definition) is 5. The Morgan fingerprint density at radius 2 is 2.20 bits per heavy atom. The maximum atomic E-state index is 11.0. The van der Waals surface area contributed by atoms with Gasteiger partial charge in [-0.3, -0.25) is 4.68 Å². The maximum Gasteiger partial charge on any atom is 0.335 e. The van der Waals surface area contributed by atoms with Gasteiger partial charge < -0.3 is 5.11 Å². The quantitative estimate of drug-likeness (QED) is 0.743. The molecule has 0 radical (unpaired) electrons. The lowest BCUT2D eigenvalue weighted by Crippen LogP contribution is -1.95. The molecule has 1 N–H and O–H groups in total. The van der Waals surface area contributed by atoms with E-state index in [0.29, 0.717) is 0 Å². The molecule has 2 heterocycles. The molecule has 2 aromatic heterocycles. The van der Waals surface area contributed by atoms with Crippen molar-refractivity contribution in [3.05, 3.63) is 42.4 Å². The van der Waals surface area contributed by atoms with Crippen LogP contribution in [0.25, 0.3) is 11.0 Å². The number of aromatic nitrogens is 4. The Balaban J connectivity index is 2.01. The Morgan fingerprint density at radius 1 is 1.35 bits per heavy atom. The van der Waals surface area contributed by atoms with E-state index in [-0.39, 0.29) is 5.56 Å². The van der Waals surface area contributed by atoms with Gasteiger partial charge in [0.25, 0.3) is 0 Å². The van der Waals surface area contributed by atoms with Gasteiger partial charge >= 0.3 is 5.97 Å². The number of aromatic carboxylic acids is 1. The highest BCUT2D eigenvalue weighted by molar-refractivity contribution is 7.99. The lowest BCUT2D eigenvalue weighted by atomic mass is 10.2. The van der Waals surface area contributed by atoms with Crippen LogP contribution in [0.2, 0.25) is 0 Å². The highest BCUT2D eigenvalue weighted by Gasteiger charge is 2.10. The van der Waals surface area contributed by atoms with Gasteiger partial charge in [-0.1, -0.05) is 17.8 Å². The van der Waals surface area contributed by atoms with E-state index in [2.05, 4.69) is 15.1 Å². The molecule has 1 aromatic carbocycles. The lowest BCUT2D eigenvalue weighted by Gasteiger charge is -2.03. The summed E-state index contributed by atoms with van der Waals surface area (Å²) in [5.41, 5.74) is 1.00. The van der Waals surface area contributed by atoms with Crippen LogP contribution < -0.4 is 0 Å². The van der Waals surface area contributed by atoms with Crippen LogP contribution in [0.15, 0.2) is 46.7 Å². The van der Waals surface area contributed by atoms with E-state index in [1.165, 1.54) is 18.1 Å². The van der Waals surface area contributed by atoms with Crippen LogP contribution in [0.4, 0.5) is 0 Å². The van der Waals surface area contributed by atoms with Crippen LogP contribution in [-0.4, -0.2) is 30.8 Å². The number of aryl methyl sites for hydroxylation is 1. The van der Waals surface area contributed by atoms with Crippen molar-refractivity contribution in [3.63, 3.8) is 0 Å². The number of rotatable bonds is 3. The summed E-state index contributed by atoms with van der Waals surface area (Å²) in [6, 6.07) is 6.75. The predicted octanol–water partition coefficient (Wildman–Crippen LogP) is 2.21. The normalized spacial score (nSPS) is 10.8. The first-order valence-electron chi connectivity index (χ1n) is 5.79. The summed E-state index contributed by atoms with van der Waals surface area (Å²) in [4.78, 5) is 20.2. The summed E-state index contributed by atoms with van der Waals surface area (Å²) in [5.74, 6) is -0.943. The van der Waals surface area contributed by atoms with Crippen molar-refractivity contribution in [2.75, 3.05) is 0 Å². The Hall–Kier alpha value is -2.41. The fraction of sp³-hybridized carbons (Fsp3) is 0.0769.